The summed E-state index contributed by atoms with van der Waals surface area (Å²) in [6, 6.07) is 13.0. The Morgan fingerprint density at radius 3 is 2.36 bits per heavy atom. The lowest BCUT2D eigenvalue weighted by Crippen LogP contribution is -2.19. The maximum absolute atomic E-state index is 11.7. The van der Waals surface area contributed by atoms with Gasteiger partial charge in [0.25, 0.3) is 0 Å². The summed E-state index contributed by atoms with van der Waals surface area (Å²) in [4.78, 5) is 16.5. The molecule has 0 spiro atoms. The van der Waals surface area contributed by atoms with E-state index in [1.165, 1.54) is 0 Å². The van der Waals surface area contributed by atoms with Gasteiger partial charge in [0, 0.05) is 6.42 Å². The third kappa shape index (κ3) is 5.84. The van der Waals surface area contributed by atoms with Crippen LogP contribution < -0.4 is 15.2 Å². The van der Waals surface area contributed by atoms with Crippen LogP contribution in [0.5, 0.6) is 11.5 Å². The van der Waals surface area contributed by atoms with Gasteiger partial charge >= 0.3 is 5.97 Å². The van der Waals surface area contributed by atoms with Crippen molar-refractivity contribution < 1.29 is 19.1 Å². The van der Waals surface area contributed by atoms with E-state index in [4.69, 9.17) is 20.0 Å². The number of rotatable bonds is 7. The molecule has 0 radical (unpaired) electrons. The first-order chi connectivity index (χ1) is 12.0. The van der Waals surface area contributed by atoms with Crippen molar-refractivity contribution in [3.63, 3.8) is 0 Å². The van der Waals surface area contributed by atoms with Crippen LogP contribution in [0.1, 0.15) is 16.7 Å². The maximum Gasteiger partial charge on any atom is 0.372 e. The van der Waals surface area contributed by atoms with E-state index in [9.17, 15) is 4.79 Å². The Hall–Kier alpha value is -3.02. The van der Waals surface area contributed by atoms with Crippen molar-refractivity contribution >= 4 is 11.8 Å². The SMILES string of the molecule is COc1ccc(CC(N)=NOC(=O)COc2ccc(C)c(C)c2)cc1. The molecular formula is C19H22N2O4. The molecule has 0 aromatic heterocycles. The number of ether oxygens (including phenoxy) is 2. The topological polar surface area (TPSA) is 83.1 Å². The van der Waals surface area contributed by atoms with Gasteiger partial charge in [-0.25, -0.2) is 4.79 Å². The Morgan fingerprint density at radius 1 is 1.04 bits per heavy atom. The van der Waals surface area contributed by atoms with Gasteiger partial charge in [-0.05, 0) is 54.8 Å². The first-order valence-corrected chi connectivity index (χ1v) is 7.83. The normalized spacial score (nSPS) is 11.1. The van der Waals surface area contributed by atoms with E-state index in [2.05, 4.69) is 5.16 Å². The molecule has 25 heavy (non-hydrogen) atoms. The summed E-state index contributed by atoms with van der Waals surface area (Å²) in [5.41, 5.74) is 8.95. The van der Waals surface area contributed by atoms with E-state index < -0.39 is 5.97 Å². The molecule has 0 heterocycles. The molecule has 0 aliphatic heterocycles. The van der Waals surface area contributed by atoms with Crippen molar-refractivity contribution in [3.8, 4) is 11.5 Å². The minimum atomic E-state index is -0.615. The van der Waals surface area contributed by atoms with Crippen LogP contribution in [-0.4, -0.2) is 25.5 Å². The van der Waals surface area contributed by atoms with Gasteiger partial charge in [-0.15, -0.1) is 0 Å². The maximum atomic E-state index is 11.7. The van der Waals surface area contributed by atoms with Crippen LogP contribution in [0, 0.1) is 13.8 Å². The zero-order valence-electron chi connectivity index (χ0n) is 14.6. The molecule has 0 unspecified atom stereocenters. The Kier molecular flexibility index (Phi) is 6.39. The van der Waals surface area contributed by atoms with Gasteiger partial charge < -0.3 is 20.0 Å². The van der Waals surface area contributed by atoms with Crippen molar-refractivity contribution in [2.75, 3.05) is 13.7 Å². The van der Waals surface area contributed by atoms with Gasteiger partial charge in [0.1, 0.15) is 17.3 Å². The number of oxime groups is 1. The smallest absolute Gasteiger partial charge is 0.372 e. The van der Waals surface area contributed by atoms with Crippen molar-refractivity contribution in [2.24, 2.45) is 10.9 Å². The molecule has 2 rings (SSSR count). The predicted molar refractivity (Wildman–Crippen MR) is 95.8 cm³/mol. The van der Waals surface area contributed by atoms with Crippen molar-refractivity contribution in [3.05, 3.63) is 59.2 Å². The minimum absolute atomic E-state index is 0.199. The lowest BCUT2D eigenvalue weighted by atomic mass is 10.1. The molecule has 2 aromatic rings. The lowest BCUT2D eigenvalue weighted by molar-refractivity contribution is -0.146. The molecule has 0 fully saturated rings. The van der Waals surface area contributed by atoms with Crippen LogP contribution in [0.2, 0.25) is 0 Å². The average molecular weight is 342 g/mol. The van der Waals surface area contributed by atoms with Gasteiger partial charge in [0.15, 0.2) is 6.61 Å². The van der Waals surface area contributed by atoms with E-state index in [0.717, 1.165) is 22.4 Å². The zero-order valence-corrected chi connectivity index (χ0v) is 14.6. The average Bonchev–Trinajstić information content (AvgIpc) is 2.61. The Bertz CT molecular complexity index is 755. The fraction of sp³-hybridized carbons (Fsp3) is 0.263. The van der Waals surface area contributed by atoms with Gasteiger partial charge in [0.2, 0.25) is 0 Å². The number of carbonyl (C=O) groups excluding carboxylic acids is 1. The highest BCUT2D eigenvalue weighted by molar-refractivity contribution is 5.83. The lowest BCUT2D eigenvalue weighted by Gasteiger charge is -2.07. The summed E-state index contributed by atoms with van der Waals surface area (Å²) in [5.74, 6) is 0.949. The summed E-state index contributed by atoms with van der Waals surface area (Å²) >= 11 is 0. The second-order valence-corrected chi connectivity index (χ2v) is 5.61. The fourth-order valence-electron chi connectivity index (χ4n) is 2.07. The molecule has 0 bridgehead atoms. The van der Waals surface area contributed by atoms with Crippen molar-refractivity contribution in [1.82, 2.24) is 0 Å². The van der Waals surface area contributed by atoms with Crippen LogP contribution in [0.15, 0.2) is 47.6 Å². The van der Waals surface area contributed by atoms with E-state index in [-0.39, 0.29) is 12.4 Å². The van der Waals surface area contributed by atoms with Gasteiger partial charge in [-0.3, -0.25) is 0 Å². The molecule has 0 atom stereocenters. The molecule has 0 saturated carbocycles. The van der Waals surface area contributed by atoms with Crippen LogP contribution >= 0.6 is 0 Å². The number of methoxy groups -OCH3 is 1. The highest BCUT2D eigenvalue weighted by atomic mass is 16.7. The van der Waals surface area contributed by atoms with Gasteiger partial charge in [-0.1, -0.05) is 23.4 Å². The monoisotopic (exact) mass is 342 g/mol. The Labute approximate surface area is 147 Å². The molecule has 0 saturated heterocycles. The molecule has 0 aliphatic rings. The van der Waals surface area contributed by atoms with E-state index in [0.29, 0.717) is 12.2 Å². The first kappa shape index (κ1) is 18.3. The Morgan fingerprint density at radius 2 is 1.72 bits per heavy atom. The summed E-state index contributed by atoms with van der Waals surface area (Å²) in [6.07, 6.45) is 0.370. The molecule has 0 aliphatic carbocycles. The third-order valence-corrected chi connectivity index (χ3v) is 3.64. The number of nitrogens with zero attached hydrogens (tertiary/aromatic N) is 1. The second kappa shape index (κ2) is 8.73. The fourth-order valence-corrected chi connectivity index (χ4v) is 2.07. The number of hydrogen-bond acceptors (Lipinski definition) is 5. The molecular weight excluding hydrogens is 320 g/mol. The van der Waals surface area contributed by atoms with Crippen LogP contribution in [-0.2, 0) is 16.1 Å². The van der Waals surface area contributed by atoms with Crippen LogP contribution in [0.3, 0.4) is 0 Å². The standard InChI is InChI=1S/C19H22N2O4/c1-13-4-7-17(10-14(13)2)24-12-19(22)25-21-18(20)11-15-5-8-16(23-3)9-6-15/h4-10H,11-12H2,1-3H3,(H2,20,21). The summed E-state index contributed by atoms with van der Waals surface area (Å²) in [7, 11) is 1.60. The second-order valence-electron chi connectivity index (χ2n) is 5.61. The van der Waals surface area contributed by atoms with E-state index in [1.807, 2.05) is 50.2 Å². The zero-order chi connectivity index (χ0) is 18.2. The minimum Gasteiger partial charge on any atom is -0.497 e. The number of carbonyl (C=O) groups is 1. The highest BCUT2D eigenvalue weighted by Gasteiger charge is 2.06. The first-order valence-electron chi connectivity index (χ1n) is 7.83. The van der Waals surface area contributed by atoms with E-state index in [1.54, 1.807) is 13.2 Å². The number of hydrogen-bond donors (Lipinski definition) is 1. The molecule has 2 aromatic carbocycles. The highest BCUT2D eigenvalue weighted by Crippen LogP contribution is 2.16. The largest absolute Gasteiger partial charge is 0.497 e. The van der Waals surface area contributed by atoms with Crippen molar-refractivity contribution in [2.45, 2.75) is 20.3 Å². The molecule has 0 amide bonds. The summed E-state index contributed by atoms with van der Waals surface area (Å²) in [6.45, 7) is 3.75. The third-order valence-electron chi connectivity index (χ3n) is 3.64. The summed E-state index contributed by atoms with van der Waals surface area (Å²) in [5, 5.41) is 3.64. The van der Waals surface area contributed by atoms with Crippen LogP contribution in [0.25, 0.3) is 0 Å². The van der Waals surface area contributed by atoms with Crippen LogP contribution in [0.4, 0.5) is 0 Å². The van der Waals surface area contributed by atoms with E-state index >= 15 is 0 Å². The number of aryl methyl sites for hydroxylation is 2. The number of benzene rings is 2. The molecule has 6 nitrogen and oxygen atoms in total. The number of nitrogens with two attached hydrogens (primary N) is 1. The molecule has 2 N–H and O–H groups in total. The van der Waals surface area contributed by atoms with Gasteiger partial charge in [-0.2, -0.15) is 0 Å². The Balaban J connectivity index is 1.80. The predicted octanol–water partition coefficient (Wildman–Crippen LogP) is 2.75. The summed E-state index contributed by atoms with van der Waals surface area (Å²) < 4.78 is 10.5. The molecule has 132 valence electrons. The quantitative estimate of drug-likeness (QED) is 0.362. The number of amidine groups is 1. The van der Waals surface area contributed by atoms with Crippen molar-refractivity contribution in [1.29, 1.82) is 0 Å². The molecule has 6 heteroatoms. The van der Waals surface area contributed by atoms with Gasteiger partial charge in [0.05, 0.1) is 7.11 Å².